The van der Waals surface area contributed by atoms with Crippen molar-refractivity contribution in [2.24, 2.45) is 0 Å². The SMILES string of the molecule is CC(=CCCN1CCCCCC1=O)C(=O)O. The molecular weight excluding hydrogens is 206 g/mol. The zero-order valence-corrected chi connectivity index (χ0v) is 9.74. The number of carboxylic acid groups (broad SMARTS) is 1. The molecule has 0 aromatic carbocycles. The molecule has 0 bridgehead atoms. The maximum absolute atomic E-state index is 11.6. The number of carboxylic acids is 1. The summed E-state index contributed by atoms with van der Waals surface area (Å²) in [6.07, 6.45) is 6.12. The van der Waals surface area contributed by atoms with E-state index >= 15 is 0 Å². The van der Waals surface area contributed by atoms with E-state index in [0.717, 1.165) is 25.8 Å². The van der Waals surface area contributed by atoms with Crippen LogP contribution in [0.2, 0.25) is 0 Å². The van der Waals surface area contributed by atoms with Gasteiger partial charge in [-0.1, -0.05) is 12.5 Å². The van der Waals surface area contributed by atoms with Crippen molar-refractivity contribution in [3.05, 3.63) is 11.6 Å². The Balaban J connectivity index is 2.38. The third-order valence-electron chi connectivity index (χ3n) is 2.86. The summed E-state index contributed by atoms with van der Waals surface area (Å²) in [5.74, 6) is -0.680. The number of amides is 1. The normalized spacial score (nSPS) is 18.4. The van der Waals surface area contributed by atoms with E-state index in [1.54, 1.807) is 13.0 Å². The maximum Gasteiger partial charge on any atom is 0.330 e. The van der Waals surface area contributed by atoms with Gasteiger partial charge in [0.1, 0.15) is 0 Å². The van der Waals surface area contributed by atoms with Crippen LogP contribution in [0.25, 0.3) is 0 Å². The van der Waals surface area contributed by atoms with Gasteiger partial charge in [-0.25, -0.2) is 4.79 Å². The average molecular weight is 225 g/mol. The Hall–Kier alpha value is -1.32. The van der Waals surface area contributed by atoms with Crippen molar-refractivity contribution in [1.29, 1.82) is 0 Å². The van der Waals surface area contributed by atoms with Gasteiger partial charge in [-0.2, -0.15) is 0 Å². The Morgan fingerprint density at radius 2 is 2.19 bits per heavy atom. The second-order valence-electron chi connectivity index (χ2n) is 4.17. The summed E-state index contributed by atoms with van der Waals surface area (Å²) in [4.78, 5) is 24.0. The topological polar surface area (TPSA) is 57.6 Å². The van der Waals surface area contributed by atoms with Crippen molar-refractivity contribution in [3.8, 4) is 0 Å². The molecule has 1 aliphatic heterocycles. The van der Waals surface area contributed by atoms with Crippen LogP contribution in [0.15, 0.2) is 11.6 Å². The molecule has 0 atom stereocenters. The number of likely N-dealkylation sites (tertiary alicyclic amines) is 1. The van der Waals surface area contributed by atoms with E-state index in [1.807, 2.05) is 4.90 Å². The minimum absolute atomic E-state index is 0.207. The van der Waals surface area contributed by atoms with Crippen LogP contribution in [-0.4, -0.2) is 35.0 Å². The van der Waals surface area contributed by atoms with Gasteiger partial charge < -0.3 is 10.0 Å². The molecule has 1 fully saturated rings. The summed E-state index contributed by atoms with van der Waals surface area (Å²) < 4.78 is 0. The fourth-order valence-corrected chi connectivity index (χ4v) is 1.80. The fraction of sp³-hybridized carbons (Fsp3) is 0.667. The lowest BCUT2D eigenvalue weighted by atomic mass is 10.2. The monoisotopic (exact) mass is 225 g/mol. The molecule has 1 aliphatic rings. The Morgan fingerprint density at radius 3 is 2.88 bits per heavy atom. The van der Waals surface area contributed by atoms with Crippen LogP contribution in [-0.2, 0) is 9.59 Å². The summed E-state index contributed by atoms with van der Waals surface area (Å²) in [6.45, 7) is 3.04. The summed E-state index contributed by atoms with van der Waals surface area (Å²) in [6, 6.07) is 0. The molecule has 1 rings (SSSR count). The quantitative estimate of drug-likeness (QED) is 0.742. The van der Waals surface area contributed by atoms with Gasteiger partial charge >= 0.3 is 5.97 Å². The van der Waals surface area contributed by atoms with E-state index in [2.05, 4.69) is 0 Å². The smallest absolute Gasteiger partial charge is 0.330 e. The van der Waals surface area contributed by atoms with Crippen molar-refractivity contribution in [3.63, 3.8) is 0 Å². The molecule has 1 saturated heterocycles. The van der Waals surface area contributed by atoms with Crippen molar-refractivity contribution < 1.29 is 14.7 Å². The lowest BCUT2D eigenvalue weighted by Crippen LogP contribution is -2.31. The second kappa shape index (κ2) is 6.30. The van der Waals surface area contributed by atoms with Crippen molar-refractivity contribution in [2.75, 3.05) is 13.1 Å². The van der Waals surface area contributed by atoms with E-state index in [4.69, 9.17) is 5.11 Å². The van der Waals surface area contributed by atoms with E-state index in [-0.39, 0.29) is 5.91 Å². The second-order valence-corrected chi connectivity index (χ2v) is 4.17. The van der Waals surface area contributed by atoms with Gasteiger partial charge in [-0.15, -0.1) is 0 Å². The number of carbonyl (C=O) groups excluding carboxylic acids is 1. The first-order valence-corrected chi connectivity index (χ1v) is 5.79. The number of hydrogen-bond acceptors (Lipinski definition) is 2. The number of aliphatic carboxylic acids is 1. The highest BCUT2D eigenvalue weighted by Gasteiger charge is 2.15. The summed E-state index contributed by atoms with van der Waals surface area (Å²) in [5.41, 5.74) is 0.349. The first kappa shape index (κ1) is 12.7. The molecule has 1 heterocycles. The van der Waals surface area contributed by atoms with Crippen LogP contribution in [0.5, 0.6) is 0 Å². The molecule has 0 radical (unpaired) electrons. The molecule has 4 heteroatoms. The molecule has 16 heavy (non-hydrogen) atoms. The number of rotatable bonds is 4. The minimum atomic E-state index is -0.887. The van der Waals surface area contributed by atoms with E-state index in [9.17, 15) is 9.59 Å². The zero-order valence-electron chi connectivity index (χ0n) is 9.74. The molecule has 0 unspecified atom stereocenters. The van der Waals surface area contributed by atoms with Crippen molar-refractivity contribution >= 4 is 11.9 Å². The summed E-state index contributed by atoms with van der Waals surface area (Å²) >= 11 is 0. The molecule has 0 aromatic rings. The Labute approximate surface area is 95.9 Å². The number of carbonyl (C=O) groups is 2. The van der Waals surface area contributed by atoms with Crippen LogP contribution in [0, 0.1) is 0 Å². The summed E-state index contributed by atoms with van der Waals surface area (Å²) in [5, 5.41) is 8.67. The predicted molar refractivity (Wildman–Crippen MR) is 61.1 cm³/mol. The molecule has 0 aromatic heterocycles. The van der Waals surface area contributed by atoms with E-state index in [1.165, 1.54) is 0 Å². The molecule has 4 nitrogen and oxygen atoms in total. The lowest BCUT2D eigenvalue weighted by Gasteiger charge is -2.19. The third-order valence-corrected chi connectivity index (χ3v) is 2.86. The average Bonchev–Trinajstić information content (AvgIpc) is 2.44. The standard InChI is InChI=1S/C12H19NO3/c1-10(12(15)16)6-5-9-13-8-4-2-3-7-11(13)14/h6H,2-5,7-9H2,1H3,(H,15,16). The zero-order chi connectivity index (χ0) is 12.0. The van der Waals surface area contributed by atoms with Gasteiger partial charge in [-0.05, 0) is 26.2 Å². The van der Waals surface area contributed by atoms with Crippen LogP contribution in [0.3, 0.4) is 0 Å². The Bertz CT molecular complexity index is 297. The molecule has 90 valence electrons. The third kappa shape index (κ3) is 4.04. The highest BCUT2D eigenvalue weighted by Crippen LogP contribution is 2.11. The first-order chi connectivity index (χ1) is 7.61. The van der Waals surface area contributed by atoms with Crippen LogP contribution >= 0.6 is 0 Å². The van der Waals surface area contributed by atoms with E-state index < -0.39 is 5.97 Å². The highest BCUT2D eigenvalue weighted by atomic mass is 16.4. The van der Waals surface area contributed by atoms with Crippen molar-refractivity contribution in [2.45, 2.75) is 39.0 Å². The van der Waals surface area contributed by atoms with Gasteiger partial charge in [0, 0.05) is 25.1 Å². The van der Waals surface area contributed by atoms with Crippen molar-refractivity contribution in [1.82, 2.24) is 4.90 Å². The van der Waals surface area contributed by atoms with Gasteiger partial charge in [0.25, 0.3) is 0 Å². The predicted octanol–water partition coefficient (Wildman–Crippen LogP) is 1.81. The number of nitrogens with zero attached hydrogens (tertiary/aromatic N) is 1. The fourth-order valence-electron chi connectivity index (χ4n) is 1.80. The van der Waals surface area contributed by atoms with Crippen LogP contribution in [0.4, 0.5) is 0 Å². The van der Waals surface area contributed by atoms with Crippen LogP contribution in [0.1, 0.15) is 39.0 Å². The minimum Gasteiger partial charge on any atom is -0.478 e. The van der Waals surface area contributed by atoms with E-state index in [0.29, 0.717) is 25.0 Å². The summed E-state index contributed by atoms with van der Waals surface area (Å²) in [7, 11) is 0. The molecule has 1 amide bonds. The largest absolute Gasteiger partial charge is 0.478 e. The maximum atomic E-state index is 11.6. The van der Waals surface area contributed by atoms with Gasteiger partial charge in [0.2, 0.25) is 5.91 Å². The molecule has 1 N–H and O–H groups in total. The molecule has 0 spiro atoms. The van der Waals surface area contributed by atoms with Gasteiger partial charge in [0.15, 0.2) is 0 Å². The van der Waals surface area contributed by atoms with Crippen LogP contribution < -0.4 is 0 Å². The molecule has 0 aliphatic carbocycles. The number of hydrogen-bond donors (Lipinski definition) is 1. The highest BCUT2D eigenvalue weighted by molar-refractivity contribution is 5.85. The Kier molecular flexibility index (Phi) is 5.02. The molecule has 0 saturated carbocycles. The van der Waals surface area contributed by atoms with Gasteiger partial charge in [0.05, 0.1) is 0 Å². The molecular formula is C12H19NO3. The Morgan fingerprint density at radius 1 is 1.44 bits per heavy atom. The van der Waals surface area contributed by atoms with Gasteiger partial charge in [-0.3, -0.25) is 4.79 Å². The first-order valence-electron chi connectivity index (χ1n) is 5.79. The lowest BCUT2D eigenvalue weighted by molar-refractivity contribution is -0.132.